The molecule has 1 fully saturated rings. The zero-order chi connectivity index (χ0) is 13.8. The summed E-state index contributed by atoms with van der Waals surface area (Å²) >= 11 is 1.66. The first-order valence-corrected chi connectivity index (χ1v) is 6.85. The predicted octanol–water partition coefficient (Wildman–Crippen LogP) is 2.86. The second kappa shape index (κ2) is 5.76. The Bertz CT molecular complexity index is 560. The molecule has 19 heavy (non-hydrogen) atoms. The lowest BCUT2D eigenvalue weighted by molar-refractivity contribution is -0.384. The van der Waals surface area contributed by atoms with E-state index in [9.17, 15) is 15.4 Å². The van der Waals surface area contributed by atoms with Crippen molar-refractivity contribution in [3.8, 4) is 6.07 Å². The molecule has 0 atom stereocenters. The molecule has 0 N–H and O–H groups in total. The second-order valence-electron chi connectivity index (χ2n) is 4.22. The normalized spacial score (nSPS) is 17.8. The largest absolute Gasteiger partial charge is 0.368 e. The van der Waals surface area contributed by atoms with Crippen LogP contribution < -0.4 is 0 Å². The Morgan fingerprint density at radius 2 is 2.16 bits per heavy atom. The number of nitro groups is 1. The van der Waals surface area contributed by atoms with Gasteiger partial charge in [-0.15, -0.1) is 11.8 Å². The Hall–Kier alpha value is -2.00. The quantitative estimate of drug-likeness (QED) is 0.471. The van der Waals surface area contributed by atoms with Crippen LogP contribution in [-0.2, 0) is 0 Å². The smallest absolute Gasteiger partial charge is 0.269 e. The van der Waals surface area contributed by atoms with Gasteiger partial charge in [-0.05, 0) is 24.1 Å². The van der Waals surface area contributed by atoms with Gasteiger partial charge in [-0.2, -0.15) is 5.26 Å². The van der Waals surface area contributed by atoms with Crippen LogP contribution in [0, 0.1) is 21.4 Å². The molecule has 6 heteroatoms. The van der Waals surface area contributed by atoms with Gasteiger partial charge in [0.25, 0.3) is 5.69 Å². The molecule has 1 heterocycles. The Kier molecular flexibility index (Phi) is 4.07. The molecule has 0 spiro atoms. The average molecular weight is 275 g/mol. The van der Waals surface area contributed by atoms with Gasteiger partial charge in [0, 0.05) is 31.5 Å². The Morgan fingerprint density at radius 1 is 1.47 bits per heavy atom. The van der Waals surface area contributed by atoms with E-state index in [-0.39, 0.29) is 5.69 Å². The van der Waals surface area contributed by atoms with Crippen molar-refractivity contribution in [2.24, 2.45) is 0 Å². The Labute approximate surface area is 115 Å². The Balaban J connectivity index is 2.39. The molecule has 0 radical (unpaired) electrons. The molecule has 0 saturated carbocycles. The first-order chi connectivity index (χ1) is 9.13. The Morgan fingerprint density at radius 3 is 2.68 bits per heavy atom. The first-order valence-electron chi connectivity index (χ1n) is 5.86. The molecular weight excluding hydrogens is 262 g/mol. The minimum atomic E-state index is -0.440. The lowest BCUT2D eigenvalue weighted by Gasteiger charge is -2.27. The molecule has 1 aliphatic heterocycles. The molecule has 98 valence electrons. The van der Waals surface area contributed by atoms with E-state index in [4.69, 9.17) is 0 Å². The summed E-state index contributed by atoms with van der Waals surface area (Å²) in [5.74, 6) is 0.998. The summed E-state index contributed by atoms with van der Waals surface area (Å²) in [6.45, 7) is 0.931. The second-order valence-corrected chi connectivity index (χ2v) is 5.30. The van der Waals surface area contributed by atoms with Crippen molar-refractivity contribution in [3.05, 3.63) is 45.0 Å². The maximum absolute atomic E-state index is 10.6. The van der Waals surface area contributed by atoms with E-state index < -0.39 is 4.92 Å². The number of allylic oxidation sites excluding steroid dienone is 1. The number of rotatable bonds is 2. The van der Waals surface area contributed by atoms with Gasteiger partial charge < -0.3 is 4.90 Å². The lowest BCUT2D eigenvalue weighted by Crippen LogP contribution is -2.23. The molecule has 0 amide bonds. The predicted molar refractivity (Wildman–Crippen MR) is 75.3 cm³/mol. The van der Waals surface area contributed by atoms with Crippen molar-refractivity contribution in [2.45, 2.75) is 6.42 Å². The van der Waals surface area contributed by atoms with Crippen molar-refractivity contribution in [1.29, 1.82) is 5.26 Å². The first kappa shape index (κ1) is 13.4. The number of non-ortho nitro benzene ring substituents is 1. The van der Waals surface area contributed by atoms with Gasteiger partial charge in [0.2, 0.25) is 0 Å². The SMILES string of the molecule is CN1CCCS/C1=C(/C#N)c1ccc([N+](=O)[O-])cc1. The molecule has 0 aliphatic carbocycles. The summed E-state index contributed by atoms with van der Waals surface area (Å²) in [6, 6.07) is 8.34. The maximum Gasteiger partial charge on any atom is 0.269 e. The standard InChI is InChI=1S/C13H13N3O2S/c1-15-7-2-8-19-13(15)12(9-14)10-3-5-11(6-4-10)16(17)18/h3-6H,2,7-8H2,1H3/b13-12-. The number of nitrogens with zero attached hydrogens (tertiary/aromatic N) is 3. The van der Waals surface area contributed by atoms with Gasteiger partial charge in [-0.3, -0.25) is 10.1 Å². The van der Waals surface area contributed by atoms with Crippen LogP contribution in [0.25, 0.3) is 5.57 Å². The molecule has 1 aromatic rings. The number of hydrogen-bond donors (Lipinski definition) is 0. The third kappa shape index (κ3) is 2.88. The van der Waals surface area contributed by atoms with Crippen molar-refractivity contribution in [1.82, 2.24) is 4.90 Å². The van der Waals surface area contributed by atoms with Crippen molar-refractivity contribution < 1.29 is 4.92 Å². The average Bonchev–Trinajstić information content (AvgIpc) is 2.42. The van der Waals surface area contributed by atoms with E-state index >= 15 is 0 Å². The molecule has 0 unspecified atom stereocenters. The van der Waals surface area contributed by atoms with E-state index in [1.165, 1.54) is 12.1 Å². The zero-order valence-electron chi connectivity index (χ0n) is 10.5. The van der Waals surface area contributed by atoms with E-state index in [0.717, 1.165) is 29.3 Å². The summed E-state index contributed by atoms with van der Waals surface area (Å²) in [6.07, 6.45) is 1.10. The topological polar surface area (TPSA) is 70.2 Å². The lowest BCUT2D eigenvalue weighted by atomic mass is 10.1. The van der Waals surface area contributed by atoms with Crippen molar-refractivity contribution in [2.75, 3.05) is 19.3 Å². The van der Waals surface area contributed by atoms with Crippen LogP contribution in [0.3, 0.4) is 0 Å². The van der Waals surface area contributed by atoms with Gasteiger partial charge in [-0.25, -0.2) is 0 Å². The number of thioether (sulfide) groups is 1. The monoisotopic (exact) mass is 275 g/mol. The van der Waals surface area contributed by atoms with Crippen LogP contribution in [0.4, 0.5) is 5.69 Å². The highest BCUT2D eigenvalue weighted by Gasteiger charge is 2.18. The fourth-order valence-corrected chi connectivity index (χ4v) is 3.02. The van der Waals surface area contributed by atoms with Gasteiger partial charge in [-0.1, -0.05) is 0 Å². The van der Waals surface area contributed by atoms with E-state index in [2.05, 4.69) is 11.0 Å². The number of hydrogen-bond acceptors (Lipinski definition) is 5. The maximum atomic E-state index is 10.6. The van der Waals surface area contributed by atoms with Crippen LogP contribution >= 0.6 is 11.8 Å². The van der Waals surface area contributed by atoms with Crippen molar-refractivity contribution >= 4 is 23.0 Å². The molecule has 1 saturated heterocycles. The molecular formula is C13H13N3O2S. The summed E-state index contributed by atoms with van der Waals surface area (Å²) in [5, 5.41) is 20.9. The van der Waals surface area contributed by atoms with Crippen LogP contribution in [-0.4, -0.2) is 29.2 Å². The van der Waals surface area contributed by atoms with Gasteiger partial charge in [0.15, 0.2) is 0 Å². The highest BCUT2D eigenvalue weighted by atomic mass is 32.2. The third-order valence-electron chi connectivity index (χ3n) is 2.92. The summed E-state index contributed by atoms with van der Waals surface area (Å²) in [4.78, 5) is 12.2. The van der Waals surface area contributed by atoms with Crippen molar-refractivity contribution in [3.63, 3.8) is 0 Å². The highest BCUT2D eigenvalue weighted by molar-refractivity contribution is 8.03. The molecule has 0 bridgehead atoms. The molecule has 5 nitrogen and oxygen atoms in total. The van der Waals surface area contributed by atoms with Gasteiger partial charge >= 0.3 is 0 Å². The number of nitro benzene ring substituents is 1. The fraction of sp³-hybridized carbons (Fsp3) is 0.308. The van der Waals surface area contributed by atoms with Gasteiger partial charge in [0.1, 0.15) is 6.07 Å². The molecule has 1 aromatic carbocycles. The summed E-state index contributed by atoms with van der Waals surface area (Å²) in [7, 11) is 1.96. The van der Waals surface area contributed by atoms with Crippen LogP contribution in [0.5, 0.6) is 0 Å². The van der Waals surface area contributed by atoms with Crippen LogP contribution in [0.2, 0.25) is 0 Å². The van der Waals surface area contributed by atoms with E-state index in [1.54, 1.807) is 23.9 Å². The van der Waals surface area contributed by atoms with E-state index in [1.807, 2.05) is 7.05 Å². The van der Waals surface area contributed by atoms with Gasteiger partial charge in [0.05, 0.1) is 15.5 Å². The minimum Gasteiger partial charge on any atom is -0.368 e. The third-order valence-corrected chi connectivity index (χ3v) is 4.20. The molecule has 1 aliphatic rings. The van der Waals surface area contributed by atoms with E-state index in [0.29, 0.717) is 5.57 Å². The number of nitriles is 1. The summed E-state index contributed by atoms with van der Waals surface area (Å²) < 4.78 is 0. The zero-order valence-corrected chi connectivity index (χ0v) is 11.3. The molecule has 2 rings (SSSR count). The summed E-state index contributed by atoms with van der Waals surface area (Å²) in [5.41, 5.74) is 1.35. The van der Waals surface area contributed by atoms with Crippen LogP contribution in [0.1, 0.15) is 12.0 Å². The van der Waals surface area contributed by atoms with Crippen LogP contribution in [0.15, 0.2) is 29.3 Å². The highest BCUT2D eigenvalue weighted by Crippen LogP contribution is 2.33. The number of benzene rings is 1. The molecule has 0 aromatic heterocycles. The minimum absolute atomic E-state index is 0.0377. The fourth-order valence-electron chi connectivity index (χ4n) is 1.93.